The molecule has 8 nitrogen and oxygen atoms in total. The molecule has 0 aliphatic carbocycles. The average Bonchev–Trinajstić information content (AvgIpc) is 2.83. The van der Waals surface area contributed by atoms with Crippen molar-refractivity contribution in [1.82, 2.24) is 9.62 Å². The summed E-state index contributed by atoms with van der Waals surface area (Å²) >= 11 is 3.50. The summed E-state index contributed by atoms with van der Waals surface area (Å²) in [6.45, 7) is 17.7. The number of nitro groups is 1. The van der Waals surface area contributed by atoms with Crippen molar-refractivity contribution in [2.45, 2.75) is 74.8 Å². The summed E-state index contributed by atoms with van der Waals surface area (Å²) in [7, 11) is -6.15. The minimum atomic E-state index is -4.12. The number of benzene rings is 2. The molecule has 1 aliphatic rings. The first-order valence-electron chi connectivity index (χ1n) is 12.6. The van der Waals surface area contributed by atoms with E-state index in [1.54, 1.807) is 0 Å². The Kier molecular flexibility index (Phi) is 9.43. The molecular weight excluding hydrogens is 586 g/mol. The molecule has 208 valence electrons. The fourth-order valence-electron chi connectivity index (χ4n) is 4.67. The number of nitrogens with one attached hydrogen (secondary N) is 1. The number of hydrogen-bond acceptors (Lipinski definition) is 6. The zero-order chi connectivity index (χ0) is 28.5. The molecule has 0 radical (unpaired) electrons. The molecule has 0 saturated carbocycles. The average molecular weight is 625 g/mol. The normalized spacial score (nSPS) is 21.5. The van der Waals surface area contributed by atoms with Crippen molar-refractivity contribution < 1.29 is 17.8 Å². The summed E-state index contributed by atoms with van der Waals surface area (Å²) in [5.41, 5.74) is 0.634. The van der Waals surface area contributed by atoms with Gasteiger partial charge in [0, 0.05) is 41.1 Å². The molecule has 1 fully saturated rings. The Bertz CT molecular complexity index is 1260. The van der Waals surface area contributed by atoms with Gasteiger partial charge < -0.3 is 4.43 Å². The van der Waals surface area contributed by atoms with Crippen LogP contribution in [0.4, 0.5) is 5.69 Å². The van der Waals surface area contributed by atoms with Gasteiger partial charge in [0.2, 0.25) is 10.0 Å². The number of halogens is 1. The highest BCUT2D eigenvalue weighted by Gasteiger charge is 2.51. The lowest BCUT2D eigenvalue weighted by Crippen LogP contribution is -2.69. The van der Waals surface area contributed by atoms with E-state index in [2.05, 4.69) is 66.0 Å². The first-order valence-corrected chi connectivity index (χ1v) is 17.8. The lowest BCUT2D eigenvalue weighted by molar-refractivity contribution is -0.387. The summed E-state index contributed by atoms with van der Waals surface area (Å²) in [5.74, 6) is -0.0104. The van der Waals surface area contributed by atoms with Crippen molar-refractivity contribution >= 4 is 40.0 Å². The van der Waals surface area contributed by atoms with Gasteiger partial charge in [0.1, 0.15) is 0 Å². The number of sulfonamides is 1. The number of nitrogens with zero attached hydrogens (tertiary/aromatic N) is 2. The van der Waals surface area contributed by atoms with Crippen molar-refractivity contribution in [1.29, 1.82) is 0 Å². The standard InChI is InChI=1S/C27H38BrN3O5SSi/c1-8-19(2)30-23(17-29-37(34,35)25-12-10-9-11-22(25)31(32)33)26(20-13-15-21(28)16-14-20)24(30)18-36-38(6,7)27(3,4)5/h8-16,19,23-24,26,29H,1,17-18H2,2-7H3/t19?,23-,24+,26+/m0/s1. The van der Waals surface area contributed by atoms with E-state index in [0.29, 0.717) is 6.61 Å². The van der Waals surface area contributed by atoms with Crippen LogP contribution in [-0.2, 0) is 14.4 Å². The monoisotopic (exact) mass is 623 g/mol. The molecule has 0 bridgehead atoms. The van der Waals surface area contributed by atoms with Gasteiger partial charge in [-0.25, -0.2) is 13.1 Å². The van der Waals surface area contributed by atoms with E-state index >= 15 is 0 Å². The van der Waals surface area contributed by atoms with Gasteiger partial charge in [-0.3, -0.25) is 15.0 Å². The highest BCUT2D eigenvalue weighted by Crippen LogP contribution is 2.44. The quantitative estimate of drug-likeness (QED) is 0.141. The van der Waals surface area contributed by atoms with Gasteiger partial charge >= 0.3 is 0 Å². The summed E-state index contributed by atoms with van der Waals surface area (Å²) in [4.78, 5) is 12.7. The molecule has 1 N–H and O–H groups in total. The van der Waals surface area contributed by atoms with Gasteiger partial charge in [0.15, 0.2) is 13.2 Å². The van der Waals surface area contributed by atoms with Crippen LogP contribution < -0.4 is 4.72 Å². The van der Waals surface area contributed by atoms with Crippen LogP contribution >= 0.6 is 15.9 Å². The molecule has 1 heterocycles. The number of nitro benzene ring substituents is 1. The molecule has 0 amide bonds. The van der Waals surface area contributed by atoms with Crippen LogP contribution in [0.25, 0.3) is 0 Å². The minimum absolute atomic E-state index is 0.0104. The Balaban J connectivity index is 1.94. The van der Waals surface area contributed by atoms with Crippen molar-refractivity contribution in [2.24, 2.45) is 0 Å². The third-order valence-electron chi connectivity index (χ3n) is 7.92. The van der Waals surface area contributed by atoms with E-state index in [1.807, 2.05) is 37.3 Å². The predicted molar refractivity (Wildman–Crippen MR) is 157 cm³/mol. The van der Waals surface area contributed by atoms with Gasteiger partial charge in [0.05, 0.1) is 11.5 Å². The van der Waals surface area contributed by atoms with Crippen LogP contribution in [0, 0.1) is 10.1 Å². The van der Waals surface area contributed by atoms with E-state index in [9.17, 15) is 18.5 Å². The molecule has 1 unspecified atom stereocenters. The van der Waals surface area contributed by atoms with Crippen LogP contribution in [0.3, 0.4) is 0 Å². The van der Waals surface area contributed by atoms with E-state index < -0.39 is 29.0 Å². The van der Waals surface area contributed by atoms with E-state index in [0.717, 1.165) is 10.0 Å². The van der Waals surface area contributed by atoms with Crippen LogP contribution in [-0.4, -0.2) is 57.8 Å². The largest absolute Gasteiger partial charge is 0.415 e. The van der Waals surface area contributed by atoms with E-state index in [4.69, 9.17) is 4.43 Å². The third kappa shape index (κ3) is 6.45. The number of para-hydroxylation sites is 1. The maximum Gasteiger partial charge on any atom is 0.289 e. The Morgan fingerprint density at radius 3 is 2.34 bits per heavy atom. The van der Waals surface area contributed by atoms with E-state index in [1.165, 1.54) is 24.3 Å². The topological polar surface area (TPSA) is 102 Å². The molecule has 2 aromatic rings. The minimum Gasteiger partial charge on any atom is -0.415 e. The van der Waals surface area contributed by atoms with Crippen molar-refractivity contribution in [3.05, 3.63) is 81.3 Å². The number of likely N-dealkylation sites (tertiary alicyclic amines) is 1. The Morgan fingerprint density at radius 1 is 1.18 bits per heavy atom. The molecule has 1 saturated heterocycles. The second-order valence-corrected chi connectivity index (χ2v) is 18.7. The van der Waals surface area contributed by atoms with Crippen molar-refractivity contribution in [2.75, 3.05) is 13.2 Å². The highest BCUT2D eigenvalue weighted by molar-refractivity contribution is 9.10. The molecule has 4 atom stereocenters. The SMILES string of the molecule is C=CC(C)N1[C@H](CO[Si](C)(C)C(C)(C)C)[C@H](c2ccc(Br)cc2)[C@@H]1CNS(=O)(=O)c1ccccc1[N+](=O)[O-]. The molecule has 0 aromatic heterocycles. The maximum atomic E-state index is 13.2. The van der Waals surface area contributed by atoms with Crippen LogP contribution in [0.15, 0.2) is 70.6 Å². The Hall–Kier alpha value is -1.89. The second-order valence-electron chi connectivity index (χ2n) is 11.3. The highest BCUT2D eigenvalue weighted by atomic mass is 79.9. The van der Waals surface area contributed by atoms with Crippen molar-refractivity contribution in [3.63, 3.8) is 0 Å². The molecule has 38 heavy (non-hydrogen) atoms. The number of rotatable bonds is 11. The molecule has 0 spiro atoms. The molecule has 3 rings (SSSR count). The van der Waals surface area contributed by atoms with Crippen LogP contribution in [0.2, 0.25) is 18.1 Å². The second kappa shape index (κ2) is 11.7. The summed E-state index contributed by atoms with van der Waals surface area (Å²) in [6, 6.07) is 13.2. The third-order valence-corrected chi connectivity index (χ3v) is 14.4. The fraction of sp³-hybridized carbons (Fsp3) is 0.481. The zero-order valence-electron chi connectivity index (χ0n) is 22.8. The van der Waals surface area contributed by atoms with Gasteiger partial charge in [-0.2, -0.15) is 0 Å². The first-order chi connectivity index (χ1) is 17.6. The van der Waals surface area contributed by atoms with Crippen molar-refractivity contribution in [3.8, 4) is 0 Å². The molecule has 2 aromatic carbocycles. The van der Waals surface area contributed by atoms with Gasteiger partial charge in [-0.05, 0) is 48.8 Å². The predicted octanol–water partition coefficient (Wildman–Crippen LogP) is 6.07. The Labute approximate surface area is 235 Å². The maximum absolute atomic E-state index is 13.2. The summed E-state index contributed by atoms with van der Waals surface area (Å²) < 4.78 is 36.7. The lowest BCUT2D eigenvalue weighted by atomic mass is 9.74. The summed E-state index contributed by atoms with van der Waals surface area (Å²) in [6.07, 6.45) is 1.85. The van der Waals surface area contributed by atoms with Crippen LogP contribution in [0.5, 0.6) is 0 Å². The van der Waals surface area contributed by atoms with Gasteiger partial charge in [-0.15, -0.1) is 6.58 Å². The zero-order valence-corrected chi connectivity index (χ0v) is 26.3. The van der Waals surface area contributed by atoms with Gasteiger partial charge in [-0.1, -0.05) is 67.0 Å². The number of hydrogen-bond donors (Lipinski definition) is 1. The Morgan fingerprint density at radius 2 is 1.79 bits per heavy atom. The molecule has 11 heteroatoms. The first kappa shape index (κ1) is 30.6. The van der Waals surface area contributed by atoms with Crippen LogP contribution in [0.1, 0.15) is 39.2 Å². The smallest absolute Gasteiger partial charge is 0.289 e. The molecule has 1 aliphatic heterocycles. The van der Waals surface area contributed by atoms with E-state index in [-0.39, 0.29) is 40.5 Å². The summed E-state index contributed by atoms with van der Waals surface area (Å²) in [5, 5.41) is 11.5. The van der Waals surface area contributed by atoms with Gasteiger partial charge in [0.25, 0.3) is 5.69 Å². The fourth-order valence-corrected chi connectivity index (χ4v) is 7.17. The molecular formula is C27H38BrN3O5SSi. The lowest BCUT2D eigenvalue weighted by Gasteiger charge is -2.58.